The maximum absolute atomic E-state index is 13.3. The standard InChI is InChI=1S/C19H26FN5O2/c20-14-4-5-16-17(10-14)23-18(22-16)11-21-19(26)25-8-3-9-27-15(13-25)12-24-6-1-2-7-24/h4-5,10,15H,1-3,6-9,11-13H2,(H,21,26)(H,22,23). The van der Waals surface area contributed by atoms with Gasteiger partial charge in [-0.25, -0.2) is 14.2 Å². The second kappa shape index (κ2) is 8.22. The number of imidazole rings is 1. The Morgan fingerprint density at radius 3 is 3.00 bits per heavy atom. The lowest BCUT2D eigenvalue weighted by Gasteiger charge is -2.27. The molecule has 0 spiro atoms. The molecule has 2 amide bonds. The SMILES string of the molecule is O=C(NCc1nc2ccc(F)cc2[nH]1)N1CCCOC(CN2CCCC2)C1. The molecule has 0 aliphatic carbocycles. The lowest BCUT2D eigenvalue weighted by molar-refractivity contribution is 0.0349. The van der Waals surface area contributed by atoms with Crippen molar-refractivity contribution >= 4 is 17.1 Å². The fourth-order valence-electron chi connectivity index (χ4n) is 3.83. The zero-order valence-corrected chi connectivity index (χ0v) is 15.4. The molecule has 146 valence electrons. The fourth-order valence-corrected chi connectivity index (χ4v) is 3.83. The van der Waals surface area contributed by atoms with Crippen LogP contribution in [0.2, 0.25) is 0 Å². The number of urea groups is 1. The van der Waals surface area contributed by atoms with Gasteiger partial charge in [-0.3, -0.25) is 0 Å². The molecular formula is C19H26FN5O2. The summed E-state index contributed by atoms with van der Waals surface area (Å²) in [6.45, 7) is 5.40. The van der Waals surface area contributed by atoms with Gasteiger partial charge in [-0.2, -0.15) is 0 Å². The number of nitrogens with zero attached hydrogens (tertiary/aromatic N) is 3. The first-order chi connectivity index (χ1) is 13.2. The van der Waals surface area contributed by atoms with E-state index in [0.29, 0.717) is 36.6 Å². The number of amides is 2. The van der Waals surface area contributed by atoms with Crippen molar-refractivity contribution in [2.75, 3.05) is 39.3 Å². The Morgan fingerprint density at radius 2 is 2.15 bits per heavy atom. The highest BCUT2D eigenvalue weighted by Crippen LogP contribution is 2.14. The normalized spacial score (nSPS) is 21.5. The van der Waals surface area contributed by atoms with Crippen LogP contribution in [0.4, 0.5) is 9.18 Å². The van der Waals surface area contributed by atoms with Gasteiger partial charge in [-0.15, -0.1) is 0 Å². The van der Waals surface area contributed by atoms with E-state index in [9.17, 15) is 9.18 Å². The Morgan fingerprint density at radius 1 is 1.30 bits per heavy atom. The molecule has 1 aromatic heterocycles. The smallest absolute Gasteiger partial charge is 0.317 e. The summed E-state index contributed by atoms with van der Waals surface area (Å²) in [7, 11) is 0. The summed E-state index contributed by atoms with van der Waals surface area (Å²) in [4.78, 5) is 24.3. The Labute approximate surface area is 157 Å². The van der Waals surface area contributed by atoms with Gasteiger partial charge in [0.2, 0.25) is 0 Å². The van der Waals surface area contributed by atoms with Crippen LogP contribution in [0.15, 0.2) is 18.2 Å². The number of likely N-dealkylation sites (tertiary alicyclic amines) is 1. The maximum Gasteiger partial charge on any atom is 0.317 e. The Hall–Kier alpha value is -2.19. The number of hydrogen-bond acceptors (Lipinski definition) is 4. The van der Waals surface area contributed by atoms with Crippen LogP contribution in [-0.2, 0) is 11.3 Å². The average Bonchev–Trinajstić information content (AvgIpc) is 3.24. The summed E-state index contributed by atoms with van der Waals surface area (Å²) < 4.78 is 19.2. The van der Waals surface area contributed by atoms with Crippen LogP contribution in [0.3, 0.4) is 0 Å². The van der Waals surface area contributed by atoms with Crippen LogP contribution in [0.1, 0.15) is 25.1 Å². The molecule has 27 heavy (non-hydrogen) atoms. The number of fused-ring (bicyclic) bond motifs is 1. The van der Waals surface area contributed by atoms with Crippen molar-refractivity contribution in [2.45, 2.75) is 31.9 Å². The summed E-state index contributed by atoms with van der Waals surface area (Å²) in [5, 5.41) is 2.92. The van der Waals surface area contributed by atoms with Crippen LogP contribution in [0.5, 0.6) is 0 Å². The topological polar surface area (TPSA) is 73.5 Å². The second-order valence-electron chi connectivity index (χ2n) is 7.30. The molecule has 0 saturated carbocycles. The van der Waals surface area contributed by atoms with Gasteiger partial charge in [0, 0.05) is 26.2 Å². The highest BCUT2D eigenvalue weighted by atomic mass is 19.1. The number of H-pyrrole nitrogens is 1. The number of aromatic amines is 1. The van der Waals surface area contributed by atoms with E-state index in [1.807, 2.05) is 4.90 Å². The van der Waals surface area contributed by atoms with Gasteiger partial charge in [0.05, 0.1) is 23.7 Å². The molecule has 0 radical (unpaired) electrons. The first-order valence-corrected chi connectivity index (χ1v) is 9.68. The van der Waals surface area contributed by atoms with Crippen LogP contribution in [-0.4, -0.2) is 71.2 Å². The highest BCUT2D eigenvalue weighted by molar-refractivity contribution is 5.76. The van der Waals surface area contributed by atoms with Gasteiger partial charge < -0.3 is 24.8 Å². The molecule has 2 aromatic rings. The number of rotatable bonds is 4. The van der Waals surface area contributed by atoms with Crippen LogP contribution in [0, 0.1) is 5.82 Å². The molecule has 0 bridgehead atoms. The number of hydrogen-bond donors (Lipinski definition) is 2. The fraction of sp³-hybridized carbons (Fsp3) is 0.579. The van der Waals surface area contributed by atoms with Crippen molar-refractivity contribution in [1.82, 2.24) is 25.1 Å². The van der Waals surface area contributed by atoms with E-state index >= 15 is 0 Å². The minimum Gasteiger partial charge on any atom is -0.375 e. The number of carbonyl (C=O) groups is 1. The maximum atomic E-state index is 13.3. The van der Waals surface area contributed by atoms with Crippen LogP contribution in [0.25, 0.3) is 11.0 Å². The Bertz CT molecular complexity index is 789. The van der Waals surface area contributed by atoms with E-state index in [2.05, 4.69) is 20.2 Å². The molecule has 2 aliphatic heterocycles. The number of carbonyl (C=O) groups excluding carboxylic acids is 1. The minimum absolute atomic E-state index is 0.0607. The lowest BCUT2D eigenvalue weighted by atomic mass is 10.3. The van der Waals surface area contributed by atoms with Crippen molar-refractivity contribution in [1.29, 1.82) is 0 Å². The first kappa shape index (κ1) is 18.2. The predicted octanol–water partition coefficient (Wildman–Crippen LogP) is 2.10. The monoisotopic (exact) mass is 375 g/mol. The zero-order valence-electron chi connectivity index (χ0n) is 15.4. The van der Waals surface area contributed by atoms with E-state index in [1.165, 1.54) is 25.0 Å². The van der Waals surface area contributed by atoms with Gasteiger partial charge in [0.1, 0.15) is 11.6 Å². The first-order valence-electron chi connectivity index (χ1n) is 9.68. The van der Waals surface area contributed by atoms with Crippen molar-refractivity contribution in [3.05, 3.63) is 29.8 Å². The summed E-state index contributed by atoms with van der Waals surface area (Å²) >= 11 is 0. The lowest BCUT2D eigenvalue weighted by Crippen LogP contribution is -2.45. The van der Waals surface area contributed by atoms with Crippen LogP contribution < -0.4 is 5.32 Å². The van der Waals surface area contributed by atoms with Crippen molar-refractivity contribution in [3.63, 3.8) is 0 Å². The van der Waals surface area contributed by atoms with Gasteiger partial charge in [-0.1, -0.05) is 0 Å². The number of aromatic nitrogens is 2. The number of benzene rings is 1. The molecule has 1 unspecified atom stereocenters. The molecule has 3 heterocycles. The molecule has 2 fully saturated rings. The average molecular weight is 375 g/mol. The molecule has 1 atom stereocenters. The summed E-state index contributed by atoms with van der Waals surface area (Å²) in [5.41, 5.74) is 1.32. The molecule has 2 N–H and O–H groups in total. The Balaban J connectivity index is 1.33. The van der Waals surface area contributed by atoms with E-state index in [1.54, 1.807) is 6.07 Å². The quantitative estimate of drug-likeness (QED) is 0.858. The summed E-state index contributed by atoms with van der Waals surface area (Å²) in [6.07, 6.45) is 3.40. The molecule has 1 aromatic carbocycles. The van der Waals surface area contributed by atoms with Crippen molar-refractivity contribution < 1.29 is 13.9 Å². The molecule has 2 saturated heterocycles. The van der Waals surface area contributed by atoms with Gasteiger partial charge in [0.15, 0.2) is 0 Å². The van der Waals surface area contributed by atoms with Gasteiger partial charge >= 0.3 is 6.03 Å². The highest BCUT2D eigenvalue weighted by Gasteiger charge is 2.25. The largest absolute Gasteiger partial charge is 0.375 e. The van der Waals surface area contributed by atoms with E-state index in [0.717, 1.165) is 26.1 Å². The van der Waals surface area contributed by atoms with E-state index in [-0.39, 0.29) is 24.5 Å². The van der Waals surface area contributed by atoms with E-state index in [4.69, 9.17) is 4.74 Å². The molecule has 7 nitrogen and oxygen atoms in total. The van der Waals surface area contributed by atoms with Gasteiger partial charge in [0.25, 0.3) is 0 Å². The molecule has 8 heteroatoms. The number of nitrogens with one attached hydrogen (secondary N) is 2. The minimum atomic E-state index is -0.310. The van der Waals surface area contributed by atoms with Crippen molar-refractivity contribution in [2.24, 2.45) is 0 Å². The summed E-state index contributed by atoms with van der Waals surface area (Å²) in [5.74, 6) is 0.305. The second-order valence-corrected chi connectivity index (χ2v) is 7.30. The third kappa shape index (κ3) is 4.56. The third-order valence-electron chi connectivity index (χ3n) is 5.20. The molecular weight excluding hydrogens is 349 g/mol. The zero-order chi connectivity index (χ0) is 18.6. The van der Waals surface area contributed by atoms with Crippen LogP contribution >= 0.6 is 0 Å². The van der Waals surface area contributed by atoms with Gasteiger partial charge in [-0.05, 0) is 50.6 Å². The predicted molar refractivity (Wildman–Crippen MR) is 99.9 cm³/mol. The summed E-state index contributed by atoms with van der Waals surface area (Å²) in [6, 6.07) is 4.30. The van der Waals surface area contributed by atoms with Crippen molar-refractivity contribution in [3.8, 4) is 0 Å². The number of ether oxygens (including phenoxy) is 1. The molecule has 2 aliphatic rings. The molecule has 4 rings (SSSR count). The third-order valence-corrected chi connectivity index (χ3v) is 5.20. The number of halogens is 1. The van der Waals surface area contributed by atoms with E-state index < -0.39 is 0 Å². The Kier molecular flexibility index (Phi) is 5.54.